The number of piperazine rings is 1. The zero-order chi connectivity index (χ0) is 16.7. The molecule has 128 valence electrons. The summed E-state index contributed by atoms with van der Waals surface area (Å²) in [4.78, 5) is 5.13. The van der Waals surface area contributed by atoms with E-state index < -0.39 is 0 Å². The molecule has 1 N–H and O–H groups in total. The third-order valence-electron chi connectivity index (χ3n) is 5.67. The summed E-state index contributed by atoms with van der Waals surface area (Å²) in [6, 6.07) is 7.88. The highest BCUT2D eigenvalue weighted by molar-refractivity contribution is 9.11. The van der Waals surface area contributed by atoms with Gasteiger partial charge in [-0.05, 0) is 65.5 Å². The standard InChI is InChI=1S/C20H26BrN3/c1-14-3-6-18-15(11-14)4-5-16-12-17(21)13-22-19(16)20(18)24-9-7-23(2)8-10-24/h3,6,11-13,19-20,22H,4-5,7-10H2,1-2H3. The van der Waals surface area contributed by atoms with Crippen LogP contribution in [0.1, 0.15) is 29.2 Å². The van der Waals surface area contributed by atoms with Gasteiger partial charge in [-0.2, -0.15) is 0 Å². The summed E-state index contributed by atoms with van der Waals surface area (Å²) >= 11 is 3.65. The maximum Gasteiger partial charge on any atom is 0.0669 e. The molecule has 2 atom stereocenters. The van der Waals surface area contributed by atoms with E-state index in [0.717, 1.165) is 43.5 Å². The average Bonchev–Trinajstić information content (AvgIpc) is 2.72. The molecule has 3 nitrogen and oxygen atoms in total. The van der Waals surface area contributed by atoms with E-state index in [9.17, 15) is 0 Å². The Labute approximate surface area is 153 Å². The summed E-state index contributed by atoms with van der Waals surface area (Å²) in [5.74, 6) is 0. The van der Waals surface area contributed by atoms with Crippen LogP contribution in [0.5, 0.6) is 0 Å². The molecule has 1 fully saturated rings. The van der Waals surface area contributed by atoms with Crippen molar-refractivity contribution in [3.05, 3.63) is 57.2 Å². The Morgan fingerprint density at radius 2 is 1.92 bits per heavy atom. The Balaban J connectivity index is 1.75. The Kier molecular flexibility index (Phi) is 4.54. The van der Waals surface area contributed by atoms with E-state index in [2.05, 4.69) is 75.5 Å². The molecule has 1 aliphatic carbocycles. The highest BCUT2D eigenvalue weighted by Crippen LogP contribution is 2.39. The second-order valence-corrected chi connectivity index (χ2v) is 8.29. The van der Waals surface area contributed by atoms with Gasteiger partial charge in [0.15, 0.2) is 0 Å². The molecule has 4 rings (SSSR count). The van der Waals surface area contributed by atoms with E-state index in [1.54, 1.807) is 0 Å². The second-order valence-electron chi connectivity index (χ2n) is 7.38. The van der Waals surface area contributed by atoms with E-state index in [1.165, 1.54) is 22.3 Å². The fourth-order valence-electron chi connectivity index (χ4n) is 4.31. The molecule has 3 aliphatic rings. The van der Waals surface area contributed by atoms with E-state index >= 15 is 0 Å². The number of hydrogen-bond donors (Lipinski definition) is 1. The van der Waals surface area contributed by atoms with Crippen molar-refractivity contribution in [2.24, 2.45) is 0 Å². The molecule has 1 saturated heterocycles. The number of benzene rings is 1. The molecule has 2 aliphatic heterocycles. The van der Waals surface area contributed by atoms with Crippen molar-refractivity contribution in [1.29, 1.82) is 0 Å². The lowest BCUT2D eigenvalue weighted by Crippen LogP contribution is -2.51. The van der Waals surface area contributed by atoms with E-state index in [1.807, 2.05) is 0 Å². The van der Waals surface area contributed by atoms with E-state index in [4.69, 9.17) is 0 Å². The fourth-order valence-corrected chi connectivity index (χ4v) is 4.74. The van der Waals surface area contributed by atoms with Gasteiger partial charge in [0.1, 0.15) is 0 Å². The number of hydrogen-bond acceptors (Lipinski definition) is 3. The Hall–Kier alpha value is -1.10. The van der Waals surface area contributed by atoms with Crippen molar-refractivity contribution >= 4 is 15.9 Å². The maximum atomic E-state index is 3.69. The van der Waals surface area contributed by atoms with Crippen molar-refractivity contribution in [3.63, 3.8) is 0 Å². The quantitative estimate of drug-likeness (QED) is 0.796. The number of halogens is 1. The van der Waals surface area contributed by atoms with Gasteiger partial charge in [0.25, 0.3) is 0 Å². The van der Waals surface area contributed by atoms with Gasteiger partial charge in [-0.15, -0.1) is 0 Å². The molecule has 0 aromatic heterocycles. The van der Waals surface area contributed by atoms with E-state index in [-0.39, 0.29) is 0 Å². The van der Waals surface area contributed by atoms with Crippen LogP contribution in [0.2, 0.25) is 0 Å². The molecule has 0 spiro atoms. The van der Waals surface area contributed by atoms with Crippen molar-refractivity contribution in [3.8, 4) is 0 Å². The van der Waals surface area contributed by atoms with Crippen molar-refractivity contribution in [2.75, 3.05) is 33.2 Å². The van der Waals surface area contributed by atoms with Crippen LogP contribution >= 0.6 is 15.9 Å². The van der Waals surface area contributed by atoms with Crippen molar-refractivity contribution in [1.82, 2.24) is 15.1 Å². The van der Waals surface area contributed by atoms with Gasteiger partial charge >= 0.3 is 0 Å². The van der Waals surface area contributed by atoms with Gasteiger partial charge in [-0.25, -0.2) is 0 Å². The minimum absolute atomic E-state index is 0.388. The lowest BCUT2D eigenvalue weighted by Gasteiger charge is -2.42. The minimum atomic E-state index is 0.388. The van der Waals surface area contributed by atoms with Gasteiger partial charge in [0.05, 0.1) is 12.1 Å². The predicted octanol–water partition coefficient (Wildman–Crippen LogP) is 3.36. The number of aryl methyl sites for hydroxylation is 2. The minimum Gasteiger partial charge on any atom is -0.382 e. The first-order valence-corrected chi connectivity index (χ1v) is 9.75. The summed E-state index contributed by atoms with van der Waals surface area (Å²) in [6.07, 6.45) is 6.74. The second kappa shape index (κ2) is 6.66. The lowest BCUT2D eigenvalue weighted by molar-refractivity contribution is 0.0989. The van der Waals surface area contributed by atoms with Crippen LogP contribution in [0.25, 0.3) is 0 Å². The molecular weight excluding hydrogens is 362 g/mol. The average molecular weight is 388 g/mol. The summed E-state index contributed by atoms with van der Waals surface area (Å²) in [5.41, 5.74) is 5.96. The summed E-state index contributed by atoms with van der Waals surface area (Å²) < 4.78 is 1.16. The number of dihydropyridines is 1. The van der Waals surface area contributed by atoms with Crippen LogP contribution in [0.15, 0.2) is 40.5 Å². The molecule has 0 saturated carbocycles. The summed E-state index contributed by atoms with van der Waals surface area (Å²) in [7, 11) is 2.23. The number of rotatable bonds is 1. The van der Waals surface area contributed by atoms with Gasteiger partial charge in [0, 0.05) is 36.9 Å². The van der Waals surface area contributed by atoms with Crippen LogP contribution < -0.4 is 5.32 Å². The van der Waals surface area contributed by atoms with Gasteiger partial charge < -0.3 is 10.2 Å². The molecule has 1 aromatic rings. The summed E-state index contributed by atoms with van der Waals surface area (Å²) in [6.45, 7) is 6.81. The van der Waals surface area contributed by atoms with E-state index in [0.29, 0.717) is 12.1 Å². The molecule has 4 heteroatoms. The molecule has 0 bridgehead atoms. The Morgan fingerprint density at radius 1 is 1.12 bits per heavy atom. The monoisotopic (exact) mass is 387 g/mol. The summed E-state index contributed by atoms with van der Waals surface area (Å²) in [5, 5.41) is 3.69. The van der Waals surface area contributed by atoms with Crippen LogP contribution in [0.4, 0.5) is 0 Å². The topological polar surface area (TPSA) is 18.5 Å². The third kappa shape index (κ3) is 3.07. The third-order valence-corrected chi connectivity index (χ3v) is 6.13. The molecule has 0 radical (unpaired) electrons. The number of nitrogens with zero attached hydrogens (tertiary/aromatic N) is 2. The normalized spacial score (nSPS) is 28.1. The number of allylic oxidation sites excluding steroid dienone is 2. The zero-order valence-electron chi connectivity index (χ0n) is 14.6. The number of likely N-dealkylation sites (N-methyl/N-ethyl adjacent to an activating group) is 1. The molecule has 2 unspecified atom stereocenters. The fraction of sp³-hybridized carbons (Fsp3) is 0.500. The first-order valence-electron chi connectivity index (χ1n) is 8.96. The first kappa shape index (κ1) is 16.4. The van der Waals surface area contributed by atoms with Gasteiger partial charge in [-0.3, -0.25) is 4.90 Å². The lowest BCUT2D eigenvalue weighted by atomic mass is 9.90. The Bertz CT molecular complexity index is 686. The highest BCUT2D eigenvalue weighted by Gasteiger charge is 2.36. The van der Waals surface area contributed by atoms with Crippen molar-refractivity contribution in [2.45, 2.75) is 31.8 Å². The van der Waals surface area contributed by atoms with Crippen LogP contribution in [0.3, 0.4) is 0 Å². The van der Waals surface area contributed by atoms with Crippen LogP contribution in [-0.2, 0) is 6.42 Å². The maximum absolute atomic E-state index is 3.69. The van der Waals surface area contributed by atoms with Gasteiger partial charge in [0.2, 0.25) is 0 Å². The molecule has 1 aromatic carbocycles. The largest absolute Gasteiger partial charge is 0.382 e. The number of fused-ring (bicyclic) bond motifs is 2. The van der Waals surface area contributed by atoms with Crippen LogP contribution in [0, 0.1) is 6.92 Å². The first-order chi connectivity index (χ1) is 11.6. The SMILES string of the molecule is Cc1ccc2c(c1)CCC1=CC(Br)=CNC1C2N1CCN(C)CC1. The van der Waals surface area contributed by atoms with Gasteiger partial charge in [-0.1, -0.05) is 23.8 Å². The van der Waals surface area contributed by atoms with Crippen molar-refractivity contribution < 1.29 is 0 Å². The molecule has 0 amide bonds. The zero-order valence-corrected chi connectivity index (χ0v) is 16.1. The van der Waals surface area contributed by atoms with Crippen LogP contribution in [-0.4, -0.2) is 49.1 Å². The highest BCUT2D eigenvalue weighted by atomic mass is 79.9. The smallest absolute Gasteiger partial charge is 0.0669 e. The Morgan fingerprint density at radius 3 is 2.71 bits per heavy atom. The predicted molar refractivity (Wildman–Crippen MR) is 103 cm³/mol. The molecular formula is C20H26BrN3. The number of nitrogens with one attached hydrogen (secondary N) is 1. The molecule has 24 heavy (non-hydrogen) atoms. The molecule has 2 heterocycles.